The van der Waals surface area contributed by atoms with Gasteiger partial charge >= 0.3 is 138 Å². The van der Waals surface area contributed by atoms with Crippen LogP contribution < -0.4 is 3.40 Å². The Hall–Kier alpha value is -0.681. The maximum absolute atomic E-state index is 11.9. The molecule has 2 aromatic heterocycles. The first-order valence-electron chi connectivity index (χ1n) is 7.01. The van der Waals surface area contributed by atoms with E-state index in [0.29, 0.717) is 5.69 Å². The summed E-state index contributed by atoms with van der Waals surface area (Å²) in [4.78, 5) is 11.9. The van der Waals surface area contributed by atoms with Gasteiger partial charge in [0, 0.05) is 0 Å². The first kappa shape index (κ1) is 15.2. The molecule has 3 rings (SSSR count). The average molecular weight is 418 g/mol. The van der Waals surface area contributed by atoms with Gasteiger partial charge in [0.2, 0.25) is 0 Å². The van der Waals surface area contributed by atoms with Gasteiger partial charge in [0.1, 0.15) is 0 Å². The normalized spacial score (nSPS) is 17.9. The van der Waals surface area contributed by atoms with E-state index in [2.05, 4.69) is 15.9 Å². The zero-order chi connectivity index (χ0) is 15.0. The Kier molecular flexibility index (Phi) is 4.23. The molecule has 0 atom stereocenters. The van der Waals surface area contributed by atoms with Crippen molar-refractivity contribution in [3.8, 4) is 0 Å². The summed E-state index contributed by atoms with van der Waals surface area (Å²) in [5.74, 6) is -0.337. The SMILES string of the molecule is COC(=O)c1cccc2c(Br)c(C3(O)CCCCC3)[se][n+]12. The third-order valence-electron chi connectivity index (χ3n) is 4.05. The van der Waals surface area contributed by atoms with Gasteiger partial charge < -0.3 is 0 Å². The van der Waals surface area contributed by atoms with Crippen molar-refractivity contribution in [2.75, 3.05) is 7.11 Å². The molecular formula is C15H17BrNO3Se+. The minimum atomic E-state index is -0.726. The number of aromatic nitrogens is 1. The van der Waals surface area contributed by atoms with Gasteiger partial charge in [-0.15, -0.1) is 0 Å². The van der Waals surface area contributed by atoms with Gasteiger partial charge in [-0.3, -0.25) is 0 Å². The van der Waals surface area contributed by atoms with Crippen LogP contribution in [0, 0.1) is 0 Å². The fourth-order valence-corrected chi connectivity index (χ4v) is 6.80. The number of hydrogen-bond donors (Lipinski definition) is 1. The van der Waals surface area contributed by atoms with E-state index in [4.69, 9.17) is 4.74 Å². The van der Waals surface area contributed by atoms with E-state index in [9.17, 15) is 9.90 Å². The van der Waals surface area contributed by atoms with Crippen LogP contribution in [0.3, 0.4) is 0 Å². The first-order valence-corrected chi connectivity index (χ1v) is 9.43. The Morgan fingerprint density at radius 1 is 1.38 bits per heavy atom. The summed E-state index contributed by atoms with van der Waals surface area (Å²) < 4.78 is 8.82. The number of halogens is 1. The van der Waals surface area contributed by atoms with Crippen LogP contribution in [0.1, 0.15) is 47.0 Å². The molecule has 1 fully saturated rings. The van der Waals surface area contributed by atoms with Crippen LogP contribution in [0.25, 0.3) is 5.52 Å². The third kappa shape index (κ3) is 2.59. The molecule has 0 spiro atoms. The third-order valence-corrected chi connectivity index (χ3v) is 8.26. The molecule has 0 bridgehead atoms. The van der Waals surface area contributed by atoms with Crippen molar-refractivity contribution in [2.45, 2.75) is 37.7 Å². The number of aliphatic hydroxyl groups is 1. The molecule has 1 aliphatic rings. The molecule has 2 aromatic rings. The van der Waals surface area contributed by atoms with Crippen LogP contribution in [-0.2, 0) is 10.3 Å². The maximum atomic E-state index is 11.9. The van der Waals surface area contributed by atoms with Crippen molar-refractivity contribution in [3.63, 3.8) is 0 Å². The fraction of sp³-hybridized carbons (Fsp3) is 0.467. The topological polar surface area (TPSA) is 50.6 Å². The summed E-state index contributed by atoms with van der Waals surface area (Å²) in [6.45, 7) is 0. The Bertz CT molecular complexity index is 692. The quantitative estimate of drug-likeness (QED) is 0.601. The fourth-order valence-electron chi connectivity index (χ4n) is 2.91. The van der Waals surface area contributed by atoms with Crippen molar-refractivity contribution in [3.05, 3.63) is 32.8 Å². The van der Waals surface area contributed by atoms with Crippen molar-refractivity contribution in [1.82, 2.24) is 0 Å². The molecule has 0 saturated heterocycles. The van der Waals surface area contributed by atoms with E-state index in [1.165, 1.54) is 13.5 Å². The number of methoxy groups -OCH3 is 1. The number of carbonyl (C=O) groups is 1. The van der Waals surface area contributed by atoms with Gasteiger partial charge in [0.15, 0.2) is 0 Å². The zero-order valence-electron chi connectivity index (χ0n) is 11.8. The van der Waals surface area contributed by atoms with Crippen LogP contribution in [-0.4, -0.2) is 32.9 Å². The second-order valence-corrected chi connectivity index (χ2v) is 8.21. The van der Waals surface area contributed by atoms with Crippen molar-refractivity contribution < 1.29 is 18.0 Å². The molecule has 0 aliphatic heterocycles. The Morgan fingerprint density at radius 3 is 2.76 bits per heavy atom. The van der Waals surface area contributed by atoms with Crippen LogP contribution in [0.2, 0.25) is 0 Å². The molecule has 0 amide bonds. The predicted molar refractivity (Wildman–Crippen MR) is 82.6 cm³/mol. The number of rotatable bonds is 2. The van der Waals surface area contributed by atoms with Crippen LogP contribution in [0.4, 0.5) is 0 Å². The van der Waals surface area contributed by atoms with E-state index in [1.807, 2.05) is 15.5 Å². The molecule has 0 aromatic carbocycles. The summed E-state index contributed by atoms with van der Waals surface area (Å²) in [5.41, 5.74) is 0.768. The second-order valence-electron chi connectivity index (χ2n) is 5.41. The van der Waals surface area contributed by atoms with Crippen LogP contribution in [0.5, 0.6) is 0 Å². The Morgan fingerprint density at radius 2 is 2.10 bits per heavy atom. The molecule has 0 unspecified atom stereocenters. The predicted octanol–water partition coefficient (Wildman–Crippen LogP) is 2.18. The molecule has 1 N–H and O–H groups in total. The van der Waals surface area contributed by atoms with Gasteiger partial charge in [0.05, 0.1) is 0 Å². The van der Waals surface area contributed by atoms with E-state index in [1.54, 1.807) is 6.07 Å². The number of pyridine rings is 1. The number of fused-ring (bicyclic) bond motifs is 1. The van der Waals surface area contributed by atoms with E-state index in [0.717, 1.165) is 40.1 Å². The van der Waals surface area contributed by atoms with Crippen molar-refractivity contribution in [2.24, 2.45) is 0 Å². The van der Waals surface area contributed by atoms with E-state index >= 15 is 0 Å². The summed E-state index contributed by atoms with van der Waals surface area (Å²) >= 11 is 3.52. The summed E-state index contributed by atoms with van der Waals surface area (Å²) in [7, 11) is 1.39. The van der Waals surface area contributed by atoms with Crippen molar-refractivity contribution >= 4 is 42.1 Å². The van der Waals surface area contributed by atoms with Gasteiger partial charge in [-0.1, -0.05) is 0 Å². The molecule has 0 radical (unpaired) electrons. The number of esters is 1. The minimum absolute atomic E-state index is 0.120. The van der Waals surface area contributed by atoms with Crippen LogP contribution >= 0.6 is 15.9 Å². The molecule has 21 heavy (non-hydrogen) atoms. The Balaban J connectivity index is 2.17. The second kappa shape index (κ2) is 5.84. The summed E-state index contributed by atoms with van der Waals surface area (Å²) in [5, 5.41) is 11.0. The Labute approximate surface area is 137 Å². The molecular weight excluding hydrogens is 401 g/mol. The number of ether oxygens (including phenoxy) is 1. The summed E-state index contributed by atoms with van der Waals surface area (Å²) in [6.07, 6.45) is 4.92. The molecule has 4 nitrogen and oxygen atoms in total. The molecule has 2 heterocycles. The monoisotopic (exact) mass is 418 g/mol. The van der Waals surface area contributed by atoms with Gasteiger partial charge in [-0.05, 0) is 0 Å². The van der Waals surface area contributed by atoms with Gasteiger partial charge in [-0.2, -0.15) is 0 Å². The van der Waals surface area contributed by atoms with E-state index in [-0.39, 0.29) is 20.7 Å². The standard InChI is InChI=1S/C15H17BrNO3Se/c1-20-14(18)11-7-5-6-10-12(16)13(21-17(10)11)15(19)8-3-2-4-9-15/h5-7,19H,2-4,8-9H2,1H3/q+1. The average Bonchev–Trinajstić information content (AvgIpc) is 2.85. The number of nitrogens with zero attached hydrogens (tertiary/aromatic N) is 1. The van der Waals surface area contributed by atoms with Gasteiger partial charge in [-0.25, -0.2) is 0 Å². The first-order chi connectivity index (χ1) is 10.1. The molecule has 1 aliphatic carbocycles. The van der Waals surface area contributed by atoms with Crippen molar-refractivity contribution in [1.29, 1.82) is 0 Å². The molecule has 1 saturated carbocycles. The molecule has 6 heteroatoms. The number of hydrogen-bond acceptors (Lipinski definition) is 3. The molecule has 112 valence electrons. The van der Waals surface area contributed by atoms with Crippen LogP contribution in [0.15, 0.2) is 22.7 Å². The van der Waals surface area contributed by atoms with Gasteiger partial charge in [0.25, 0.3) is 0 Å². The number of carbonyl (C=O) groups excluding carboxylic acids is 1. The summed E-state index contributed by atoms with van der Waals surface area (Å²) in [6, 6.07) is 5.59. The zero-order valence-corrected chi connectivity index (χ0v) is 15.1. The van der Waals surface area contributed by atoms with E-state index < -0.39 is 5.60 Å².